The van der Waals surface area contributed by atoms with Crippen molar-refractivity contribution in [2.24, 2.45) is 11.7 Å². The number of aliphatic hydroxyl groups excluding tert-OH is 1. The van der Waals surface area contributed by atoms with Gasteiger partial charge < -0.3 is 15.7 Å². The Morgan fingerprint density at radius 2 is 2.00 bits per heavy atom. The molecule has 0 spiro atoms. The largest absolute Gasteiger partial charge is 0.387 e. The Morgan fingerprint density at radius 3 is 2.67 bits per heavy atom. The van der Waals surface area contributed by atoms with E-state index in [0.717, 1.165) is 36.7 Å². The molecule has 3 N–H and O–H groups in total. The molecule has 118 valence electrons. The molecule has 1 aromatic rings. The monoisotopic (exact) mass is 290 g/mol. The summed E-state index contributed by atoms with van der Waals surface area (Å²) in [6, 6.07) is 8.03. The Morgan fingerprint density at radius 1 is 1.24 bits per heavy atom. The second-order valence-corrected chi connectivity index (χ2v) is 6.35. The molecule has 1 aliphatic heterocycles. The number of rotatable bonds is 6. The van der Waals surface area contributed by atoms with Crippen LogP contribution < -0.4 is 5.73 Å². The molecule has 1 aliphatic rings. The topological polar surface area (TPSA) is 49.5 Å². The quantitative estimate of drug-likeness (QED) is 0.846. The first-order valence-corrected chi connectivity index (χ1v) is 8.42. The van der Waals surface area contributed by atoms with E-state index in [-0.39, 0.29) is 6.10 Å². The van der Waals surface area contributed by atoms with E-state index in [2.05, 4.69) is 11.8 Å². The van der Waals surface area contributed by atoms with Gasteiger partial charge in [-0.15, -0.1) is 0 Å². The molecule has 21 heavy (non-hydrogen) atoms. The number of hydrogen-bond acceptors (Lipinski definition) is 3. The summed E-state index contributed by atoms with van der Waals surface area (Å²) in [4.78, 5) is 2.43. The fourth-order valence-corrected chi connectivity index (χ4v) is 3.33. The number of aliphatic hydroxyl groups is 1. The highest BCUT2D eigenvalue weighted by molar-refractivity contribution is 5.24. The lowest BCUT2D eigenvalue weighted by Crippen LogP contribution is -2.29. The van der Waals surface area contributed by atoms with E-state index in [4.69, 9.17) is 5.73 Å². The summed E-state index contributed by atoms with van der Waals surface area (Å²) in [5, 5.41) is 10.4. The normalized spacial score (nSPS) is 22.0. The summed E-state index contributed by atoms with van der Waals surface area (Å²) < 4.78 is 0. The fourth-order valence-electron chi connectivity index (χ4n) is 3.33. The van der Waals surface area contributed by atoms with Crippen molar-refractivity contribution in [1.82, 2.24) is 4.90 Å². The maximum atomic E-state index is 10.4. The van der Waals surface area contributed by atoms with Crippen LogP contribution in [0, 0.1) is 5.92 Å². The van der Waals surface area contributed by atoms with Gasteiger partial charge in [-0.05, 0) is 49.4 Å². The molecule has 0 radical (unpaired) electrons. The van der Waals surface area contributed by atoms with Gasteiger partial charge >= 0.3 is 0 Å². The van der Waals surface area contributed by atoms with Crippen molar-refractivity contribution in [2.75, 3.05) is 19.6 Å². The van der Waals surface area contributed by atoms with Gasteiger partial charge in [-0.1, -0.05) is 44.0 Å². The van der Waals surface area contributed by atoms with E-state index in [1.807, 2.05) is 24.3 Å². The highest BCUT2D eigenvalue weighted by Gasteiger charge is 2.19. The highest BCUT2D eigenvalue weighted by atomic mass is 16.3. The molecule has 1 aromatic carbocycles. The average Bonchev–Trinajstić information content (AvgIpc) is 2.73. The SMILES string of the molecule is CCCC1CCCN(CC(O)c2ccc(CN)cc2)CC1. The second-order valence-electron chi connectivity index (χ2n) is 6.35. The van der Waals surface area contributed by atoms with Gasteiger partial charge in [0.05, 0.1) is 6.10 Å². The van der Waals surface area contributed by atoms with E-state index < -0.39 is 0 Å². The highest BCUT2D eigenvalue weighted by Crippen LogP contribution is 2.23. The third kappa shape index (κ3) is 5.10. The Labute approximate surface area is 129 Å². The number of likely N-dealkylation sites (tertiary alicyclic amines) is 1. The van der Waals surface area contributed by atoms with Crippen molar-refractivity contribution in [1.29, 1.82) is 0 Å². The Kier molecular flexibility index (Phi) is 6.68. The van der Waals surface area contributed by atoms with Gasteiger partial charge in [0.2, 0.25) is 0 Å². The molecule has 0 bridgehead atoms. The van der Waals surface area contributed by atoms with Crippen molar-refractivity contribution in [3.63, 3.8) is 0 Å². The zero-order chi connectivity index (χ0) is 15.1. The molecule has 3 heteroatoms. The van der Waals surface area contributed by atoms with E-state index >= 15 is 0 Å². The van der Waals surface area contributed by atoms with Crippen molar-refractivity contribution in [3.8, 4) is 0 Å². The van der Waals surface area contributed by atoms with Gasteiger partial charge in [0.1, 0.15) is 0 Å². The lowest BCUT2D eigenvalue weighted by molar-refractivity contribution is 0.114. The van der Waals surface area contributed by atoms with E-state index in [1.54, 1.807) is 0 Å². The third-order valence-corrected chi connectivity index (χ3v) is 4.67. The Hall–Kier alpha value is -0.900. The van der Waals surface area contributed by atoms with Gasteiger partial charge in [0.15, 0.2) is 0 Å². The van der Waals surface area contributed by atoms with Crippen LogP contribution >= 0.6 is 0 Å². The van der Waals surface area contributed by atoms with Crippen molar-refractivity contribution in [2.45, 2.75) is 51.7 Å². The molecular formula is C18H30N2O. The first-order chi connectivity index (χ1) is 10.2. The van der Waals surface area contributed by atoms with E-state index in [0.29, 0.717) is 6.54 Å². The first-order valence-electron chi connectivity index (χ1n) is 8.42. The maximum absolute atomic E-state index is 10.4. The lowest BCUT2D eigenvalue weighted by atomic mass is 9.96. The molecule has 2 rings (SSSR count). The van der Waals surface area contributed by atoms with Gasteiger partial charge in [-0.25, -0.2) is 0 Å². The molecule has 1 saturated heterocycles. The van der Waals surface area contributed by atoms with Crippen LogP contribution in [0.15, 0.2) is 24.3 Å². The molecule has 2 unspecified atom stereocenters. The fraction of sp³-hybridized carbons (Fsp3) is 0.667. The number of nitrogens with two attached hydrogens (primary N) is 1. The van der Waals surface area contributed by atoms with Gasteiger partial charge in [-0.2, -0.15) is 0 Å². The van der Waals surface area contributed by atoms with Crippen molar-refractivity contribution < 1.29 is 5.11 Å². The van der Waals surface area contributed by atoms with Crippen LogP contribution in [0.4, 0.5) is 0 Å². The van der Waals surface area contributed by atoms with Crippen LogP contribution in [0.5, 0.6) is 0 Å². The third-order valence-electron chi connectivity index (χ3n) is 4.67. The number of benzene rings is 1. The summed E-state index contributed by atoms with van der Waals surface area (Å²) >= 11 is 0. The van der Waals surface area contributed by atoms with Crippen LogP contribution in [-0.2, 0) is 6.54 Å². The molecule has 2 atom stereocenters. The zero-order valence-electron chi connectivity index (χ0n) is 13.3. The van der Waals surface area contributed by atoms with Crippen LogP contribution in [0.1, 0.15) is 56.3 Å². The first kappa shape index (κ1) is 16.5. The summed E-state index contributed by atoms with van der Waals surface area (Å²) in [5.41, 5.74) is 7.73. The molecule has 0 aliphatic carbocycles. The molecule has 0 saturated carbocycles. The summed E-state index contributed by atoms with van der Waals surface area (Å²) in [7, 11) is 0. The van der Waals surface area contributed by atoms with Crippen molar-refractivity contribution >= 4 is 0 Å². The molecule has 1 heterocycles. The zero-order valence-corrected chi connectivity index (χ0v) is 13.3. The average molecular weight is 290 g/mol. The minimum Gasteiger partial charge on any atom is -0.387 e. The van der Waals surface area contributed by atoms with Crippen molar-refractivity contribution in [3.05, 3.63) is 35.4 Å². The predicted octanol–water partition coefficient (Wildman–Crippen LogP) is 3.08. The standard InChI is InChI=1S/C18H30N2O/c1-2-4-15-5-3-11-20(12-10-15)14-18(21)17-8-6-16(13-19)7-9-17/h6-9,15,18,21H,2-5,10-14,19H2,1H3. The van der Waals surface area contributed by atoms with Crippen LogP contribution in [0.3, 0.4) is 0 Å². The molecular weight excluding hydrogens is 260 g/mol. The molecule has 0 aromatic heterocycles. The van der Waals surface area contributed by atoms with Gasteiger partial charge in [0.25, 0.3) is 0 Å². The molecule has 0 amide bonds. The number of nitrogens with zero attached hydrogens (tertiary/aromatic N) is 1. The Bertz CT molecular complexity index is 404. The van der Waals surface area contributed by atoms with Crippen LogP contribution in [-0.4, -0.2) is 29.6 Å². The minimum absolute atomic E-state index is 0.389. The maximum Gasteiger partial charge on any atom is 0.0916 e. The van der Waals surface area contributed by atoms with Crippen LogP contribution in [0.25, 0.3) is 0 Å². The summed E-state index contributed by atoms with van der Waals surface area (Å²) in [6.07, 6.45) is 6.17. The molecule has 3 nitrogen and oxygen atoms in total. The summed E-state index contributed by atoms with van der Waals surface area (Å²) in [6.45, 7) is 5.83. The van der Waals surface area contributed by atoms with E-state index in [9.17, 15) is 5.11 Å². The smallest absolute Gasteiger partial charge is 0.0916 e. The second kappa shape index (κ2) is 8.52. The number of β-amino-alcohol motifs (C(OH)–C–C–N with tert-alkyl or cyclic N) is 1. The lowest BCUT2D eigenvalue weighted by Gasteiger charge is -2.23. The minimum atomic E-state index is -0.389. The van der Waals surface area contributed by atoms with Gasteiger partial charge in [-0.3, -0.25) is 0 Å². The number of hydrogen-bond donors (Lipinski definition) is 2. The molecule has 1 fully saturated rings. The Balaban J connectivity index is 1.85. The van der Waals surface area contributed by atoms with Crippen LogP contribution in [0.2, 0.25) is 0 Å². The van der Waals surface area contributed by atoms with Gasteiger partial charge in [0, 0.05) is 13.1 Å². The predicted molar refractivity (Wildman–Crippen MR) is 88.0 cm³/mol. The summed E-state index contributed by atoms with van der Waals surface area (Å²) in [5.74, 6) is 0.890. The van der Waals surface area contributed by atoms with E-state index in [1.165, 1.54) is 32.1 Å².